The van der Waals surface area contributed by atoms with Crippen LogP contribution in [-0.2, 0) is 9.59 Å². The molecule has 1 aromatic heterocycles. The standard InChI is InChI=1S/C22H16O5/c1-3-21(23)26-17-11-7-5-9-15(17)19-13-14-20(25-19)16-10-6-8-12-18(16)27-22(24)4-2/h3-14H,1-2H2. The molecule has 5 heteroatoms. The van der Waals surface area contributed by atoms with E-state index >= 15 is 0 Å². The van der Waals surface area contributed by atoms with E-state index in [1.807, 2.05) is 12.1 Å². The highest BCUT2D eigenvalue weighted by molar-refractivity contribution is 5.86. The van der Waals surface area contributed by atoms with Crippen molar-refractivity contribution in [2.75, 3.05) is 0 Å². The molecule has 2 aromatic carbocycles. The molecule has 1 heterocycles. The Balaban J connectivity index is 1.98. The average Bonchev–Trinajstić information content (AvgIpc) is 3.18. The average molecular weight is 360 g/mol. The summed E-state index contributed by atoms with van der Waals surface area (Å²) in [5.74, 6) is 0.598. The lowest BCUT2D eigenvalue weighted by Crippen LogP contribution is -2.04. The Morgan fingerprint density at radius 3 is 1.52 bits per heavy atom. The third-order valence-electron chi connectivity index (χ3n) is 3.67. The summed E-state index contributed by atoms with van der Waals surface area (Å²) in [6, 6.07) is 17.5. The van der Waals surface area contributed by atoms with Gasteiger partial charge in [-0.2, -0.15) is 0 Å². The molecule has 3 aromatic rings. The third kappa shape index (κ3) is 4.04. The topological polar surface area (TPSA) is 65.7 Å². The molecule has 0 N–H and O–H groups in total. The predicted octanol–water partition coefficient (Wildman–Crippen LogP) is 4.80. The number of hydrogen-bond donors (Lipinski definition) is 0. The first-order chi connectivity index (χ1) is 13.1. The molecule has 5 nitrogen and oxygen atoms in total. The minimum atomic E-state index is -0.559. The Bertz CT molecular complexity index is 933. The number of carbonyl (C=O) groups is 2. The summed E-state index contributed by atoms with van der Waals surface area (Å²) < 4.78 is 16.4. The van der Waals surface area contributed by atoms with E-state index in [9.17, 15) is 9.59 Å². The second-order valence-electron chi connectivity index (χ2n) is 5.41. The molecule has 0 fully saturated rings. The Kier molecular flexibility index (Phi) is 5.33. The van der Waals surface area contributed by atoms with E-state index in [4.69, 9.17) is 13.9 Å². The van der Waals surface area contributed by atoms with E-state index in [1.165, 1.54) is 0 Å². The quantitative estimate of drug-likeness (QED) is 0.359. The van der Waals surface area contributed by atoms with Gasteiger partial charge in [-0.1, -0.05) is 37.4 Å². The second-order valence-corrected chi connectivity index (χ2v) is 5.41. The van der Waals surface area contributed by atoms with Crippen LogP contribution in [0.4, 0.5) is 0 Å². The fraction of sp³-hybridized carbons (Fsp3) is 0. The molecule has 0 spiro atoms. The summed E-state index contributed by atoms with van der Waals surface area (Å²) in [6.07, 6.45) is 2.18. The summed E-state index contributed by atoms with van der Waals surface area (Å²) in [7, 11) is 0. The number of benzene rings is 2. The van der Waals surface area contributed by atoms with Crippen LogP contribution in [0.1, 0.15) is 0 Å². The molecule has 0 atom stereocenters. The van der Waals surface area contributed by atoms with Gasteiger partial charge in [-0.15, -0.1) is 0 Å². The van der Waals surface area contributed by atoms with E-state index in [1.54, 1.807) is 48.5 Å². The van der Waals surface area contributed by atoms with Crippen LogP contribution < -0.4 is 9.47 Å². The largest absolute Gasteiger partial charge is 0.456 e. The van der Waals surface area contributed by atoms with Crippen LogP contribution in [0.15, 0.2) is 90.4 Å². The van der Waals surface area contributed by atoms with Crippen LogP contribution in [0.3, 0.4) is 0 Å². The van der Waals surface area contributed by atoms with E-state index in [0.717, 1.165) is 12.2 Å². The smallest absolute Gasteiger partial charge is 0.335 e. The molecular weight excluding hydrogens is 344 g/mol. The lowest BCUT2D eigenvalue weighted by Gasteiger charge is -2.08. The van der Waals surface area contributed by atoms with Crippen LogP contribution in [-0.4, -0.2) is 11.9 Å². The zero-order valence-corrected chi connectivity index (χ0v) is 14.4. The summed E-state index contributed by atoms with van der Waals surface area (Å²) in [4.78, 5) is 23.1. The molecule has 0 aliphatic carbocycles. The predicted molar refractivity (Wildman–Crippen MR) is 101 cm³/mol. The van der Waals surface area contributed by atoms with Gasteiger partial charge in [-0.25, -0.2) is 9.59 Å². The van der Waals surface area contributed by atoms with Gasteiger partial charge in [0.2, 0.25) is 0 Å². The number of ether oxygens (including phenoxy) is 2. The normalized spacial score (nSPS) is 10.1. The lowest BCUT2D eigenvalue weighted by atomic mass is 10.1. The summed E-state index contributed by atoms with van der Waals surface area (Å²) >= 11 is 0. The van der Waals surface area contributed by atoms with Crippen molar-refractivity contribution in [2.45, 2.75) is 0 Å². The van der Waals surface area contributed by atoms with Gasteiger partial charge in [0.1, 0.15) is 23.0 Å². The Hall–Kier alpha value is -3.86. The van der Waals surface area contributed by atoms with Crippen molar-refractivity contribution in [1.29, 1.82) is 0 Å². The SMILES string of the molecule is C=CC(=O)Oc1ccccc1-c1ccc(-c2ccccc2OC(=O)C=C)o1. The van der Waals surface area contributed by atoms with E-state index in [2.05, 4.69) is 13.2 Å². The second kappa shape index (κ2) is 8.01. The van der Waals surface area contributed by atoms with Crippen LogP contribution >= 0.6 is 0 Å². The van der Waals surface area contributed by atoms with Gasteiger partial charge in [0.25, 0.3) is 0 Å². The Morgan fingerprint density at radius 1 is 0.704 bits per heavy atom. The molecule has 0 radical (unpaired) electrons. The number of para-hydroxylation sites is 2. The van der Waals surface area contributed by atoms with Gasteiger partial charge in [-0.3, -0.25) is 0 Å². The van der Waals surface area contributed by atoms with Crippen molar-refractivity contribution < 1.29 is 23.5 Å². The molecular formula is C22H16O5. The van der Waals surface area contributed by atoms with E-state index < -0.39 is 11.9 Å². The monoisotopic (exact) mass is 360 g/mol. The molecule has 0 saturated carbocycles. The van der Waals surface area contributed by atoms with Gasteiger partial charge in [0.15, 0.2) is 0 Å². The molecule has 27 heavy (non-hydrogen) atoms. The van der Waals surface area contributed by atoms with Crippen molar-refractivity contribution in [3.05, 3.63) is 86.0 Å². The first-order valence-electron chi connectivity index (χ1n) is 8.09. The van der Waals surface area contributed by atoms with Crippen LogP contribution in [0.5, 0.6) is 11.5 Å². The highest BCUT2D eigenvalue weighted by Gasteiger charge is 2.16. The Labute approximate surface area is 156 Å². The minimum absolute atomic E-state index is 0.356. The van der Waals surface area contributed by atoms with Gasteiger partial charge >= 0.3 is 11.9 Å². The van der Waals surface area contributed by atoms with Crippen molar-refractivity contribution in [3.8, 4) is 34.1 Å². The van der Waals surface area contributed by atoms with Crippen molar-refractivity contribution in [3.63, 3.8) is 0 Å². The highest BCUT2D eigenvalue weighted by Crippen LogP contribution is 2.37. The molecule has 0 bridgehead atoms. The first-order valence-corrected chi connectivity index (χ1v) is 8.09. The molecule has 0 amide bonds. The first kappa shape index (κ1) is 17.9. The molecule has 0 unspecified atom stereocenters. The zero-order valence-electron chi connectivity index (χ0n) is 14.4. The number of carbonyl (C=O) groups excluding carboxylic acids is 2. The summed E-state index contributed by atoms with van der Waals surface area (Å²) in [6.45, 7) is 6.79. The van der Waals surface area contributed by atoms with Crippen LogP contribution in [0, 0.1) is 0 Å². The maximum atomic E-state index is 11.5. The highest BCUT2D eigenvalue weighted by atomic mass is 16.5. The van der Waals surface area contributed by atoms with Gasteiger partial charge in [-0.05, 0) is 36.4 Å². The van der Waals surface area contributed by atoms with Crippen molar-refractivity contribution in [1.82, 2.24) is 0 Å². The van der Waals surface area contributed by atoms with Crippen LogP contribution in [0.25, 0.3) is 22.6 Å². The molecule has 0 aliphatic heterocycles. The minimum Gasteiger partial charge on any atom is -0.456 e. The summed E-state index contributed by atoms with van der Waals surface area (Å²) in [5, 5.41) is 0. The Morgan fingerprint density at radius 2 is 1.11 bits per heavy atom. The van der Waals surface area contributed by atoms with Crippen molar-refractivity contribution >= 4 is 11.9 Å². The number of furan rings is 1. The fourth-order valence-corrected chi connectivity index (χ4v) is 2.45. The molecule has 3 rings (SSSR count). The third-order valence-corrected chi connectivity index (χ3v) is 3.67. The van der Waals surface area contributed by atoms with Gasteiger partial charge in [0, 0.05) is 12.2 Å². The van der Waals surface area contributed by atoms with E-state index in [-0.39, 0.29) is 0 Å². The molecule has 134 valence electrons. The summed E-state index contributed by atoms with van der Waals surface area (Å²) in [5.41, 5.74) is 1.22. The molecule has 0 saturated heterocycles. The van der Waals surface area contributed by atoms with Gasteiger partial charge < -0.3 is 13.9 Å². The number of hydrogen-bond acceptors (Lipinski definition) is 5. The maximum Gasteiger partial charge on any atom is 0.335 e. The number of rotatable bonds is 6. The fourth-order valence-electron chi connectivity index (χ4n) is 2.45. The lowest BCUT2D eigenvalue weighted by molar-refractivity contribution is -0.129. The van der Waals surface area contributed by atoms with Crippen molar-refractivity contribution in [2.24, 2.45) is 0 Å². The maximum absolute atomic E-state index is 11.5. The zero-order chi connectivity index (χ0) is 19.2. The van der Waals surface area contributed by atoms with E-state index in [0.29, 0.717) is 34.1 Å². The van der Waals surface area contributed by atoms with Gasteiger partial charge in [0.05, 0.1) is 11.1 Å². The van der Waals surface area contributed by atoms with Crippen LogP contribution in [0.2, 0.25) is 0 Å². The number of esters is 2. The molecule has 0 aliphatic rings.